The molecule has 0 aromatic carbocycles. The Kier molecular flexibility index (Phi) is 2.86. The van der Waals surface area contributed by atoms with E-state index in [1.165, 1.54) is 0 Å². The fourth-order valence-corrected chi connectivity index (χ4v) is 1.80. The molecule has 0 aliphatic carbocycles. The zero-order valence-electron chi connectivity index (χ0n) is 10.4. The molecule has 0 fully saturated rings. The molecular formula is C12H13N3O3. The van der Waals surface area contributed by atoms with Crippen LogP contribution in [0.25, 0.3) is 11.2 Å². The highest BCUT2D eigenvalue weighted by Crippen LogP contribution is 2.11. The smallest absolute Gasteiger partial charge is 0.341 e. The molecule has 0 amide bonds. The second-order valence-electron chi connectivity index (χ2n) is 4.06. The van der Waals surface area contributed by atoms with Gasteiger partial charge in [0.1, 0.15) is 5.56 Å². The summed E-state index contributed by atoms with van der Waals surface area (Å²) in [5, 5.41) is 9.09. The highest BCUT2D eigenvalue weighted by Gasteiger charge is 2.19. The number of rotatable bonds is 2. The van der Waals surface area contributed by atoms with E-state index in [1.807, 2.05) is 0 Å². The summed E-state index contributed by atoms with van der Waals surface area (Å²) in [4.78, 5) is 34.5. The van der Waals surface area contributed by atoms with Gasteiger partial charge in [0.15, 0.2) is 11.2 Å². The highest BCUT2D eigenvalue weighted by atomic mass is 16.4. The van der Waals surface area contributed by atoms with Crippen molar-refractivity contribution in [3.63, 3.8) is 0 Å². The first-order chi connectivity index (χ1) is 8.45. The van der Waals surface area contributed by atoms with E-state index < -0.39 is 11.4 Å². The second kappa shape index (κ2) is 4.21. The number of H-pyrrole nitrogens is 1. The lowest BCUT2D eigenvalue weighted by Gasteiger charge is -2.07. The van der Waals surface area contributed by atoms with Crippen molar-refractivity contribution in [3.05, 3.63) is 32.9 Å². The van der Waals surface area contributed by atoms with Gasteiger partial charge >= 0.3 is 5.97 Å². The number of nitrogens with zero attached hydrogens (tertiary/aromatic N) is 2. The summed E-state index contributed by atoms with van der Waals surface area (Å²) in [6, 6.07) is 0. The highest BCUT2D eigenvalue weighted by molar-refractivity contribution is 5.92. The summed E-state index contributed by atoms with van der Waals surface area (Å²) < 4.78 is 0. The Hall–Kier alpha value is -2.24. The van der Waals surface area contributed by atoms with Crippen molar-refractivity contribution >= 4 is 17.1 Å². The van der Waals surface area contributed by atoms with Crippen LogP contribution in [-0.4, -0.2) is 26.0 Å². The zero-order valence-corrected chi connectivity index (χ0v) is 10.4. The van der Waals surface area contributed by atoms with Gasteiger partial charge in [0.2, 0.25) is 5.43 Å². The number of aromatic amines is 1. The van der Waals surface area contributed by atoms with Gasteiger partial charge in [-0.05, 0) is 20.3 Å². The molecule has 2 heterocycles. The largest absolute Gasteiger partial charge is 0.477 e. The van der Waals surface area contributed by atoms with Gasteiger partial charge in [-0.3, -0.25) is 4.79 Å². The molecule has 6 nitrogen and oxygen atoms in total. The van der Waals surface area contributed by atoms with Crippen LogP contribution >= 0.6 is 0 Å². The Balaban J connectivity index is 2.96. The topological polar surface area (TPSA) is 95.9 Å². The molecule has 0 unspecified atom stereocenters. The van der Waals surface area contributed by atoms with Gasteiger partial charge in [-0.15, -0.1) is 0 Å². The van der Waals surface area contributed by atoms with Crippen molar-refractivity contribution in [3.8, 4) is 0 Å². The van der Waals surface area contributed by atoms with Crippen molar-refractivity contribution in [2.45, 2.75) is 27.2 Å². The van der Waals surface area contributed by atoms with Gasteiger partial charge in [0, 0.05) is 5.69 Å². The minimum Gasteiger partial charge on any atom is -0.477 e. The van der Waals surface area contributed by atoms with Crippen LogP contribution in [0.15, 0.2) is 4.79 Å². The predicted octanol–water partition coefficient (Wildman–Crippen LogP) is 1.20. The Bertz CT molecular complexity index is 704. The molecule has 2 aromatic rings. The van der Waals surface area contributed by atoms with Gasteiger partial charge < -0.3 is 10.1 Å². The molecule has 2 rings (SSSR count). The number of hydrogen-bond donors (Lipinski definition) is 2. The van der Waals surface area contributed by atoms with Gasteiger partial charge in [0.25, 0.3) is 0 Å². The standard InChI is InChI=1S/C12H13N3O3/c1-4-7-8(12(17)18)10(16)9-11(15-7)14-6(3)5(2)13-9/h4H2,1-3H3,(H,17,18)(H,14,15,16). The molecule has 0 atom stereocenters. The number of pyridine rings is 1. The van der Waals surface area contributed by atoms with E-state index >= 15 is 0 Å². The summed E-state index contributed by atoms with van der Waals surface area (Å²) in [5.41, 5.74) is 1.29. The van der Waals surface area contributed by atoms with E-state index in [-0.39, 0.29) is 11.1 Å². The molecule has 0 radical (unpaired) electrons. The van der Waals surface area contributed by atoms with E-state index in [0.717, 1.165) is 0 Å². The average molecular weight is 247 g/mol. The van der Waals surface area contributed by atoms with Crippen LogP contribution in [0, 0.1) is 13.8 Å². The number of nitrogens with one attached hydrogen (secondary N) is 1. The number of aryl methyl sites for hydroxylation is 3. The van der Waals surface area contributed by atoms with Gasteiger partial charge in [-0.25, -0.2) is 14.8 Å². The molecule has 2 aromatic heterocycles. The Morgan fingerprint density at radius 3 is 2.44 bits per heavy atom. The minimum absolute atomic E-state index is 0.0766. The number of aromatic nitrogens is 3. The lowest BCUT2D eigenvalue weighted by Crippen LogP contribution is -2.21. The van der Waals surface area contributed by atoms with Gasteiger partial charge in [-0.1, -0.05) is 6.92 Å². The number of carbonyl (C=O) groups is 1. The number of hydrogen-bond acceptors (Lipinski definition) is 4. The van der Waals surface area contributed by atoms with Crippen molar-refractivity contribution in [2.75, 3.05) is 0 Å². The predicted molar refractivity (Wildman–Crippen MR) is 66.0 cm³/mol. The molecule has 18 heavy (non-hydrogen) atoms. The molecule has 94 valence electrons. The Labute approximate surface area is 103 Å². The fraction of sp³-hybridized carbons (Fsp3) is 0.333. The third-order valence-corrected chi connectivity index (χ3v) is 2.89. The summed E-state index contributed by atoms with van der Waals surface area (Å²) in [6.45, 7) is 5.30. The minimum atomic E-state index is -1.24. The lowest BCUT2D eigenvalue weighted by atomic mass is 10.1. The third-order valence-electron chi connectivity index (χ3n) is 2.89. The van der Waals surface area contributed by atoms with E-state index in [1.54, 1.807) is 20.8 Å². The summed E-state index contributed by atoms with van der Waals surface area (Å²) in [7, 11) is 0. The van der Waals surface area contributed by atoms with Crippen molar-refractivity contribution in [1.29, 1.82) is 0 Å². The monoisotopic (exact) mass is 247 g/mol. The maximum atomic E-state index is 12.1. The molecule has 0 aliphatic rings. The second-order valence-corrected chi connectivity index (χ2v) is 4.06. The quantitative estimate of drug-likeness (QED) is 0.831. The van der Waals surface area contributed by atoms with Gasteiger partial charge in [0.05, 0.1) is 11.4 Å². The van der Waals surface area contributed by atoms with Crippen LogP contribution in [0.3, 0.4) is 0 Å². The first kappa shape index (κ1) is 12.2. The lowest BCUT2D eigenvalue weighted by molar-refractivity contribution is 0.0694. The van der Waals surface area contributed by atoms with Crippen LogP contribution < -0.4 is 5.43 Å². The van der Waals surface area contributed by atoms with E-state index in [9.17, 15) is 9.59 Å². The fourth-order valence-electron chi connectivity index (χ4n) is 1.80. The molecular weight excluding hydrogens is 234 g/mol. The SMILES string of the molecule is CCc1[nH]c2nc(C)c(C)nc2c(=O)c1C(=O)O. The van der Waals surface area contributed by atoms with Crippen molar-refractivity contribution in [1.82, 2.24) is 15.0 Å². The molecule has 6 heteroatoms. The summed E-state index contributed by atoms with van der Waals surface area (Å²) in [6.07, 6.45) is 0.418. The van der Waals surface area contributed by atoms with Crippen LogP contribution in [-0.2, 0) is 6.42 Å². The van der Waals surface area contributed by atoms with E-state index in [2.05, 4.69) is 15.0 Å². The van der Waals surface area contributed by atoms with Crippen LogP contribution in [0.5, 0.6) is 0 Å². The summed E-state index contributed by atoms with van der Waals surface area (Å²) >= 11 is 0. The van der Waals surface area contributed by atoms with Crippen LogP contribution in [0.4, 0.5) is 0 Å². The average Bonchev–Trinajstić information content (AvgIpc) is 2.30. The number of carboxylic acid groups (broad SMARTS) is 1. The number of fused-ring (bicyclic) bond motifs is 1. The Morgan fingerprint density at radius 1 is 1.28 bits per heavy atom. The summed E-state index contributed by atoms with van der Waals surface area (Å²) in [5.74, 6) is -1.24. The Morgan fingerprint density at radius 2 is 1.89 bits per heavy atom. The van der Waals surface area contributed by atoms with Crippen LogP contribution in [0.2, 0.25) is 0 Å². The molecule has 0 saturated carbocycles. The number of carboxylic acids is 1. The van der Waals surface area contributed by atoms with E-state index in [0.29, 0.717) is 29.1 Å². The number of aromatic carboxylic acids is 1. The van der Waals surface area contributed by atoms with Crippen molar-refractivity contribution < 1.29 is 9.90 Å². The van der Waals surface area contributed by atoms with E-state index in [4.69, 9.17) is 5.11 Å². The molecule has 0 bridgehead atoms. The normalized spacial score (nSPS) is 10.8. The first-order valence-electron chi connectivity index (χ1n) is 5.59. The maximum absolute atomic E-state index is 12.1. The van der Waals surface area contributed by atoms with Crippen LogP contribution in [0.1, 0.15) is 34.4 Å². The third kappa shape index (κ3) is 1.75. The van der Waals surface area contributed by atoms with Crippen molar-refractivity contribution in [2.24, 2.45) is 0 Å². The molecule has 0 saturated heterocycles. The zero-order chi connectivity index (χ0) is 13.4. The molecule has 2 N–H and O–H groups in total. The first-order valence-corrected chi connectivity index (χ1v) is 5.59. The molecule has 0 aliphatic heterocycles. The molecule has 0 spiro atoms. The maximum Gasteiger partial charge on any atom is 0.341 e. The van der Waals surface area contributed by atoms with Gasteiger partial charge in [-0.2, -0.15) is 0 Å².